The Labute approximate surface area is 98.4 Å². The third-order valence-corrected chi connectivity index (χ3v) is 1.86. The standard InChI is InChI=1S/C12H12FNO3/c1-17-12(16)14-11-6-5-10(13)8-9(11)4-2-3-7-15/h5-6,8,15H,3,7H2,1H3,(H,14,16). The maximum Gasteiger partial charge on any atom is 0.411 e. The Hall–Kier alpha value is -2.06. The zero-order chi connectivity index (χ0) is 12.7. The van der Waals surface area contributed by atoms with Gasteiger partial charge in [0.2, 0.25) is 0 Å². The van der Waals surface area contributed by atoms with E-state index in [1.54, 1.807) is 0 Å². The van der Waals surface area contributed by atoms with Crippen LogP contribution in [-0.2, 0) is 4.74 Å². The quantitative estimate of drug-likeness (QED) is 0.770. The fraction of sp³-hybridized carbons (Fsp3) is 0.250. The molecule has 0 aliphatic carbocycles. The van der Waals surface area contributed by atoms with E-state index in [1.807, 2.05) is 0 Å². The lowest BCUT2D eigenvalue weighted by Gasteiger charge is -2.05. The second-order valence-electron chi connectivity index (χ2n) is 3.08. The molecule has 0 bridgehead atoms. The summed E-state index contributed by atoms with van der Waals surface area (Å²) < 4.78 is 17.4. The molecule has 1 aromatic rings. The predicted molar refractivity (Wildman–Crippen MR) is 61.0 cm³/mol. The molecule has 1 amide bonds. The molecule has 0 aliphatic rings. The van der Waals surface area contributed by atoms with Gasteiger partial charge in [0.1, 0.15) is 5.82 Å². The van der Waals surface area contributed by atoms with Crippen LogP contribution in [0.25, 0.3) is 0 Å². The Balaban J connectivity index is 2.96. The molecule has 5 heteroatoms. The monoisotopic (exact) mass is 237 g/mol. The average molecular weight is 237 g/mol. The number of aliphatic hydroxyl groups excluding tert-OH is 1. The minimum atomic E-state index is -0.651. The largest absolute Gasteiger partial charge is 0.453 e. The second kappa shape index (κ2) is 6.51. The fourth-order valence-corrected chi connectivity index (χ4v) is 1.10. The summed E-state index contributed by atoms with van der Waals surface area (Å²) in [5.74, 6) is 4.87. The van der Waals surface area contributed by atoms with Crippen LogP contribution >= 0.6 is 0 Å². The van der Waals surface area contributed by atoms with Gasteiger partial charge in [0.05, 0.1) is 25.0 Å². The number of anilines is 1. The highest BCUT2D eigenvalue weighted by Gasteiger charge is 2.06. The van der Waals surface area contributed by atoms with Crippen LogP contribution in [0, 0.1) is 17.7 Å². The predicted octanol–water partition coefficient (Wildman–Crippen LogP) is 1.74. The third-order valence-electron chi connectivity index (χ3n) is 1.86. The van der Waals surface area contributed by atoms with Gasteiger partial charge in [0.15, 0.2) is 0 Å². The average Bonchev–Trinajstić information content (AvgIpc) is 2.32. The van der Waals surface area contributed by atoms with Crippen molar-refractivity contribution in [2.45, 2.75) is 6.42 Å². The molecule has 0 saturated heterocycles. The molecule has 1 rings (SSSR count). The van der Waals surface area contributed by atoms with E-state index < -0.39 is 11.9 Å². The van der Waals surface area contributed by atoms with Crippen molar-refractivity contribution in [3.05, 3.63) is 29.6 Å². The molecule has 0 heterocycles. The first-order valence-electron chi connectivity index (χ1n) is 4.91. The van der Waals surface area contributed by atoms with Crippen molar-refractivity contribution in [3.8, 4) is 11.8 Å². The number of carbonyl (C=O) groups excluding carboxylic acids is 1. The summed E-state index contributed by atoms with van der Waals surface area (Å²) in [5.41, 5.74) is 0.701. The smallest absolute Gasteiger partial charge is 0.411 e. The number of amides is 1. The van der Waals surface area contributed by atoms with Crippen molar-refractivity contribution in [3.63, 3.8) is 0 Å². The molecule has 0 fully saturated rings. The van der Waals surface area contributed by atoms with E-state index in [2.05, 4.69) is 21.9 Å². The van der Waals surface area contributed by atoms with Crippen LogP contribution in [0.1, 0.15) is 12.0 Å². The van der Waals surface area contributed by atoms with Crippen LogP contribution in [0.2, 0.25) is 0 Å². The minimum absolute atomic E-state index is 0.0674. The van der Waals surface area contributed by atoms with Gasteiger partial charge in [-0.05, 0) is 18.2 Å². The summed E-state index contributed by atoms with van der Waals surface area (Å²) in [4.78, 5) is 11.0. The molecule has 0 aliphatic heterocycles. The Morgan fingerprint density at radius 1 is 1.59 bits per heavy atom. The Bertz CT molecular complexity index is 463. The molecule has 17 heavy (non-hydrogen) atoms. The minimum Gasteiger partial charge on any atom is -0.453 e. The van der Waals surface area contributed by atoms with Crippen molar-refractivity contribution < 1.29 is 19.0 Å². The lowest BCUT2D eigenvalue weighted by molar-refractivity contribution is 0.187. The lowest BCUT2D eigenvalue weighted by atomic mass is 10.1. The molecular weight excluding hydrogens is 225 g/mol. The summed E-state index contributed by atoms with van der Waals surface area (Å²) in [6.07, 6.45) is -0.365. The van der Waals surface area contributed by atoms with Crippen molar-refractivity contribution in [2.75, 3.05) is 19.0 Å². The molecule has 0 radical (unpaired) electrons. The van der Waals surface area contributed by atoms with Crippen molar-refractivity contribution in [2.24, 2.45) is 0 Å². The second-order valence-corrected chi connectivity index (χ2v) is 3.08. The van der Waals surface area contributed by atoms with Gasteiger partial charge in [0, 0.05) is 6.42 Å². The molecular formula is C12H12FNO3. The van der Waals surface area contributed by atoms with Crippen LogP contribution in [-0.4, -0.2) is 24.9 Å². The van der Waals surface area contributed by atoms with Gasteiger partial charge >= 0.3 is 6.09 Å². The van der Waals surface area contributed by atoms with E-state index >= 15 is 0 Å². The number of hydrogen-bond donors (Lipinski definition) is 2. The van der Waals surface area contributed by atoms with E-state index in [0.29, 0.717) is 11.3 Å². The van der Waals surface area contributed by atoms with E-state index in [4.69, 9.17) is 5.11 Å². The third kappa shape index (κ3) is 4.13. The normalized spacial score (nSPS) is 9.12. The van der Waals surface area contributed by atoms with Crippen molar-refractivity contribution in [1.29, 1.82) is 0 Å². The SMILES string of the molecule is COC(=O)Nc1ccc(F)cc1C#CCCO. The summed E-state index contributed by atoms with van der Waals surface area (Å²) in [5, 5.41) is 11.0. The number of aliphatic hydroxyl groups is 1. The van der Waals surface area contributed by atoms with Crippen LogP contribution in [0.4, 0.5) is 14.9 Å². The Morgan fingerprint density at radius 3 is 3.00 bits per heavy atom. The number of nitrogens with one attached hydrogen (secondary N) is 1. The number of ether oxygens (including phenoxy) is 1. The highest BCUT2D eigenvalue weighted by Crippen LogP contribution is 2.16. The van der Waals surface area contributed by atoms with E-state index in [9.17, 15) is 9.18 Å². The number of methoxy groups -OCH3 is 1. The molecule has 0 atom stereocenters. The summed E-state index contributed by atoms with van der Waals surface area (Å²) in [7, 11) is 1.23. The number of hydrogen-bond acceptors (Lipinski definition) is 3. The number of halogens is 1. The number of carbonyl (C=O) groups is 1. The summed E-state index contributed by atoms with van der Waals surface area (Å²) in [6, 6.07) is 3.81. The molecule has 0 aromatic heterocycles. The van der Waals surface area contributed by atoms with Gasteiger partial charge in [0.25, 0.3) is 0 Å². The highest BCUT2D eigenvalue weighted by molar-refractivity contribution is 5.86. The molecule has 4 nitrogen and oxygen atoms in total. The topological polar surface area (TPSA) is 58.6 Å². The highest BCUT2D eigenvalue weighted by atomic mass is 19.1. The van der Waals surface area contributed by atoms with Crippen LogP contribution in [0.5, 0.6) is 0 Å². The maximum absolute atomic E-state index is 13.0. The molecule has 0 unspecified atom stereocenters. The molecule has 2 N–H and O–H groups in total. The maximum atomic E-state index is 13.0. The Morgan fingerprint density at radius 2 is 2.35 bits per heavy atom. The molecule has 1 aromatic carbocycles. The molecule has 90 valence electrons. The first kappa shape index (κ1) is 13.0. The zero-order valence-electron chi connectivity index (χ0n) is 9.29. The van der Waals surface area contributed by atoms with Gasteiger partial charge in [-0.2, -0.15) is 0 Å². The van der Waals surface area contributed by atoms with Gasteiger partial charge < -0.3 is 9.84 Å². The van der Waals surface area contributed by atoms with Gasteiger partial charge in [-0.25, -0.2) is 9.18 Å². The number of benzene rings is 1. The lowest BCUT2D eigenvalue weighted by Crippen LogP contribution is -2.12. The van der Waals surface area contributed by atoms with Gasteiger partial charge in [-0.1, -0.05) is 11.8 Å². The Kier molecular flexibility index (Phi) is 4.98. The fourth-order valence-electron chi connectivity index (χ4n) is 1.10. The molecule has 0 saturated carbocycles. The van der Waals surface area contributed by atoms with E-state index in [1.165, 1.54) is 25.3 Å². The first-order valence-corrected chi connectivity index (χ1v) is 4.91. The van der Waals surface area contributed by atoms with E-state index in [-0.39, 0.29) is 13.0 Å². The van der Waals surface area contributed by atoms with Crippen molar-refractivity contribution >= 4 is 11.8 Å². The number of rotatable bonds is 2. The summed E-state index contributed by atoms with van der Waals surface area (Å²) in [6.45, 7) is -0.0674. The van der Waals surface area contributed by atoms with Crippen LogP contribution in [0.3, 0.4) is 0 Å². The van der Waals surface area contributed by atoms with Crippen LogP contribution < -0.4 is 5.32 Å². The van der Waals surface area contributed by atoms with Gasteiger partial charge in [-0.3, -0.25) is 5.32 Å². The van der Waals surface area contributed by atoms with Gasteiger partial charge in [-0.15, -0.1) is 0 Å². The summed E-state index contributed by atoms with van der Waals surface area (Å²) >= 11 is 0. The van der Waals surface area contributed by atoms with E-state index in [0.717, 1.165) is 0 Å². The van der Waals surface area contributed by atoms with Crippen molar-refractivity contribution in [1.82, 2.24) is 0 Å². The first-order chi connectivity index (χ1) is 8.17. The zero-order valence-corrected chi connectivity index (χ0v) is 9.29. The molecule has 0 spiro atoms. The van der Waals surface area contributed by atoms with Crippen LogP contribution in [0.15, 0.2) is 18.2 Å².